The molecule has 0 heterocycles. The van der Waals surface area contributed by atoms with E-state index in [9.17, 15) is 0 Å². The molecule has 1 fully saturated rings. The summed E-state index contributed by atoms with van der Waals surface area (Å²) in [6, 6.07) is 0. The van der Waals surface area contributed by atoms with Crippen LogP contribution in [0.3, 0.4) is 0 Å². The highest BCUT2D eigenvalue weighted by atomic mass is 16.4. The topological polar surface area (TPSA) is 32.6 Å². The van der Waals surface area contributed by atoms with Crippen molar-refractivity contribution in [2.24, 2.45) is 5.16 Å². The SMILES string of the molecule is ON=C1[CH]C1. The van der Waals surface area contributed by atoms with Crippen LogP contribution in [0.15, 0.2) is 5.16 Å². The summed E-state index contributed by atoms with van der Waals surface area (Å²) >= 11 is 0. The second-order valence-electron chi connectivity index (χ2n) is 1.000. The van der Waals surface area contributed by atoms with Crippen molar-refractivity contribution in [2.45, 2.75) is 6.42 Å². The van der Waals surface area contributed by atoms with Crippen molar-refractivity contribution in [3.05, 3.63) is 6.42 Å². The molecular weight excluding hydrogens is 66.0 g/mol. The number of oxime groups is 1. The molecule has 1 saturated carbocycles. The van der Waals surface area contributed by atoms with Gasteiger partial charge in [0.2, 0.25) is 0 Å². The fraction of sp³-hybridized carbons (Fsp3) is 0.333. The van der Waals surface area contributed by atoms with E-state index in [1.54, 1.807) is 0 Å². The largest absolute Gasteiger partial charge is 0.411 e. The van der Waals surface area contributed by atoms with E-state index in [0.717, 1.165) is 12.1 Å². The van der Waals surface area contributed by atoms with Crippen LogP contribution in [0.1, 0.15) is 6.42 Å². The summed E-state index contributed by atoms with van der Waals surface area (Å²) in [7, 11) is 0. The van der Waals surface area contributed by atoms with Crippen molar-refractivity contribution < 1.29 is 5.21 Å². The highest BCUT2D eigenvalue weighted by Crippen LogP contribution is 2.10. The molecule has 1 rings (SSSR count). The molecular formula is C3H4NO. The third-order valence-corrected chi connectivity index (χ3v) is 0.515. The van der Waals surface area contributed by atoms with Crippen LogP contribution < -0.4 is 0 Å². The van der Waals surface area contributed by atoms with Gasteiger partial charge in [-0.25, -0.2) is 0 Å². The van der Waals surface area contributed by atoms with Crippen LogP contribution in [0.25, 0.3) is 0 Å². The van der Waals surface area contributed by atoms with E-state index >= 15 is 0 Å². The summed E-state index contributed by atoms with van der Waals surface area (Å²) in [5.74, 6) is 0. The highest BCUT2D eigenvalue weighted by Gasteiger charge is 2.13. The Hall–Kier alpha value is -0.530. The smallest absolute Gasteiger partial charge is 0.0618 e. The second kappa shape index (κ2) is 0.708. The maximum Gasteiger partial charge on any atom is 0.0618 e. The molecule has 2 heteroatoms. The zero-order valence-corrected chi connectivity index (χ0v) is 2.68. The summed E-state index contributed by atoms with van der Waals surface area (Å²) < 4.78 is 0. The molecule has 0 bridgehead atoms. The van der Waals surface area contributed by atoms with Gasteiger partial charge in [-0.3, -0.25) is 0 Å². The van der Waals surface area contributed by atoms with E-state index in [2.05, 4.69) is 5.16 Å². The van der Waals surface area contributed by atoms with Crippen LogP contribution in [-0.2, 0) is 0 Å². The Morgan fingerprint density at radius 2 is 2.60 bits per heavy atom. The fourth-order valence-electron chi connectivity index (χ4n) is 0.127. The second-order valence-corrected chi connectivity index (χ2v) is 1.000. The van der Waals surface area contributed by atoms with Gasteiger partial charge < -0.3 is 5.21 Å². The van der Waals surface area contributed by atoms with Crippen LogP contribution in [-0.4, -0.2) is 10.9 Å². The fourth-order valence-corrected chi connectivity index (χ4v) is 0.127. The Morgan fingerprint density at radius 3 is 2.60 bits per heavy atom. The molecule has 2 nitrogen and oxygen atoms in total. The van der Waals surface area contributed by atoms with Crippen LogP contribution in [0.5, 0.6) is 0 Å². The third-order valence-electron chi connectivity index (χ3n) is 0.515. The van der Waals surface area contributed by atoms with E-state index < -0.39 is 0 Å². The molecule has 5 heavy (non-hydrogen) atoms. The average Bonchev–Trinajstić information content (AvgIpc) is 2.12. The first-order valence-electron chi connectivity index (χ1n) is 1.47. The predicted molar refractivity (Wildman–Crippen MR) is 18.1 cm³/mol. The Labute approximate surface area is 30.1 Å². The van der Waals surface area contributed by atoms with E-state index in [-0.39, 0.29) is 0 Å². The van der Waals surface area contributed by atoms with Crippen molar-refractivity contribution in [3.63, 3.8) is 0 Å². The van der Waals surface area contributed by atoms with Crippen molar-refractivity contribution in [1.29, 1.82) is 0 Å². The summed E-state index contributed by atoms with van der Waals surface area (Å²) in [5.41, 5.74) is 0.810. The van der Waals surface area contributed by atoms with Gasteiger partial charge in [-0.05, 0) is 6.42 Å². The van der Waals surface area contributed by atoms with E-state index in [0.29, 0.717) is 0 Å². The molecule has 27 valence electrons. The van der Waals surface area contributed by atoms with Crippen molar-refractivity contribution >= 4 is 5.71 Å². The van der Waals surface area contributed by atoms with Crippen LogP contribution >= 0.6 is 0 Å². The lowest BCUT2D eigenvalue weighted by Crippen LogP contribution is -1.55. The Balaban J connectivity index is 2.46. The Morgan fingerprint density at radius 1 is 2.00 bits per heavy atom. The quantitative estimate of drug-likeness (QED) is 0.325. The minimum absolute atomic E-state index is 0.810. The predicted octanol–water partition coefficient (Wildman–Crippen LogP) is 0.425. The summed E-state index contributed by atoms with van der Waals surface area (Å²) in [4.78, 5) is 0. The van der Waals surface area contributed by atoms with E-state index in [4.69, 9.17) is 5.21 Å². The van der Waals surface area contributed by atoms with E-state index in [1.807, 2.05) is 6.42 Å². The molecule has 1 aliphatic carbocycles. The molecule has 0 aromatic rings. The monoisotopic (exact) mass is 70.0 g/mol. The van der Waals surface area contributed by atoms with Crippen LogP contribution in [0, 0.1) is 6.42 Å². The van der Waals surface area contributed by atoms with Crippen molar-refractivity contribution in [3.8, 4) is 0 Å². The average molecular weight is 70.1 g/mol. The van der Waals surface area contributed by atoms with Crippen molar-refractivity contribution in [1.82, 2.24) is 0 Å². The van der Waals surface area contributed by atoms with Gasteiger partial charge in [0, 0.05) is 6.42 Å². The Bertz CT molecular complexity index is 61.3. The van der Waals surface area contributed by atoms with Gasteiger partial charge in [0.1, 0.15) is 0 Å². The molecule has 0 saturated heterocycles. The molecule has 0 aromatic heterocycles. The molecule has 0 aliphatic heterocycles. The minimum atomic E-state index is 0.810. The molecule has 0 amide bonds. The number of hydrogen-bond donors (Lipinski definition) is 1. The number of nitrogens with zero attached hydrogens (tertiary/aromatic N) is 1. The van der Waals surface area contributed by atoms with Crippen molar-refractivity contribution in [2.75, 3.05) is 0 Å². The normalized spacial score (nSPS) is 27.6. The van der Waals surface area contributed by atoms with Gasteiger partial charge in [-0.15, -0.1) is 0 Å². The first-order valence-corrected chi connectivity index (χ1v) is 1.47. The zero-order chi connectivity index (χ0) is 3.70. The highest BCUT2D eigenvalue weighted by molar-refractivity contribution is 6.07. The number of rotatable bonds is 0. The molecule has 0 aromatic carbocycles. The van der Waals surface area contributed by atoms with Crippen LogP contribution in [0.2, 0.25) is 0 Å². The van der Waals surface area contributed by atoms with Gasteiger partial charge in [0.05, 0.1) is 5.71 Å². The molecule has 1 aliphatic rings. The molecule has 0 atom stereocenters. The zero-order valence-electron chi connectivity index (χ0n) is 2.68. The summed E-state index contributed by atoms with van der Waals surface area (Å²) in [6.45, 7) is 0. The summed E-state index contributed by atoms with van der Waals surface area (Å²) in [6.07, 6.45) is 2.73. The Kier molecular flexibility index (Phi) is 0.381. The van der Waals surface area contributed by atoms with Gasteiger partial charge >= 0.3 is 0 Å². The molecule has 1 radical (unpaired) electrons. The molecule has 0 unspecified atom stereocenters. The lowest BCUT2D eigenvalue weighted by molar-refractivity contribution is 0.320. The first kappa shape index (κ1) is 2.69. The van der Waals surface area contributed by atoms with Gasteiger partial charge in [0.15, 0.2) is 0 Å². The van der Waals surface area contributed by atoms with E-state index in [1.165, 1.54) is 0 Å². The maximum atomic E-state index is 7.76. The minimum Gasteiger partial charge on any atom is -0.411 e. The molecule has 1 N–H and O–H groups in total. The molecule has 0 spiro atoms. The van der Waals surface area contributed by atoms with Gasteiger partial charge in [-0.2, -0.15) is 0 Å². The maximum absolute atomic E-state index is 7.76. The van der Waals surface area contributed by atoms with Gasteiger partial charge in [0.25, 0.3) is 0 Å². The summed E-state index contributed by atoms with van der Waals surface area (Å²) in [5, 5.41) is 10.6. The lowest BCUT2D eigenvalue weighted by Gasteiger charge is -1.56. The first-order chi connectivity index (χ1) is 2.43. The third kappa shape index (κ3) is 0.375. The lowest BCUT2D eigenvalue weighted by atomic mass is 10.9. The van der Waals surface area contributed by atoms with Gasteiger partial charge in [-0.1, -0.05) is 5.16 Å². The standard InChI is InChI=1S/C3H4NO/c5-4-3-1-2-3/h1,5H,2H2. The van der Waals surface area contributed by atoms with Crippen LogP contribution in [0.4, 0.5) is 0 Å². The number of hydrogen-bond acceptors (Lipinski definition) is 2.